The molecule has 0 aromatic heterocycles. The Bertz CT molecular complexity index is 167. The van der Waals surface area contributed by atoms with Gasteiger partial charge >= 0.3 is 0 Å². The maximum Gasteiger partial charge on any atom is 0.0483 e. The summed E-state index contributed by atoms with van der Waals surface area (Å²) in [5, 5.41) is 3.69. The van der Waals surface area contributed by atoms with Crippen molar-refractivity contribution in [2.75, 3.05) is 26.3 Å². The Labute approximate surface area is 93.8 Å². The molecule has 1 aliphatic rings. The summed E-state index contributed by atoms with van der Waals surface area (Å²) in [6.07, 6.45) is 4.64. The summed E-state index contributed by atoms with van der Waals surface area (Å²) in [4.78, 5) is 0. The molecule has 0 radical (unpaired) electrons. The van der Waals surface area contributed by atoms with Gasteiger partial charge in [-0.3, -0.25) is 0 Å². The highest BCUT2D eigenvalue weighted by atomic mass is 16.5. The van der Waals surface area contributed by atoms with Crippen LogP contribution in [-0.2, 0) is 4.74 Å². The van der Waals surface area contributed by atoms with Crippen LogP contribution < -0.4 is 11.1 Å². The fourth-order valence-corrected chi connectivity index (χ4v) is 1.99. The van der Waals surface area contributed by atoms with Gasteiger partial charge < -0.3 is 15.8 Å². The van der Waals surface area contributed by atoms with Crippen LogP contribution in [0.4, 0.5) is 0 Å². The van der Waals surface area contributed by atoms with Crippen LogP contribution in [0.15, 0.2) is 0 Å². The van der Waals surface area contributed by atoms with Crippen molar-refractivity contribution in [1.82, 2.24) is 5.32 Å². The summed E-state index contributed by atoms with van der Waals surface area (Å²) in [6.45, 7) is 8.34. The topological polar surface area (TPSA) is 47.3 Å². The normalized spacial score (nSPS) is 22.6. The van der Waals surface area contributed by atoms with Gasteiger partial charge in [-0.15, -0.1) is 0 Å². The van der Waals surface area contributed by atoms with E-state index in [4.69, 9.17) is 10.5 Å². The fraction of sp³-hybridized carbons (Fsp3) is 1.00. The Morgan fingerprint density at radius 3 is 2.67 bits per heavy atom. The van der Waals surface area contributed by atoms with Gasteiger partial charge in [0, 0.05) is 18.8 Å². The molecule has 1 aliphatic heterocycles. The molecule has 3 N–H and O–H groups in total. The van der Waals surface area contributed by atoms with E-state index in [1.807, 2.05) is 0 Å². The van der Waals surface area contributed by atoms with Crippen molar-refractivity contribution in [3.8, 4) is 0 Å². The van der Waals surface area contributed by atoms with E-state index in [2.05, 4.69) is 19.2 Å². The molecule has 90 valence electrons. The number of nitrogens with two attached hydrogens (primary N) is 1. The molecule has 15 heavy (non-hydrogen) atoms. The summed E-state index contributed by atoms with van der Waals surface area (Å²) in [7, 11) is 0. The second-order valence-corrected chi connectivity index (χ2v) is 5.09. The van der Waals surface area contributed by atoms with Gasteiger partial charge in [-0.1, -0.05) is 6.92 Å². The Kier molecular flexibility index (Phi) is 5.58. The molecule has 1 atom stereocenters. The van der Waals surface area contributed by atoms with Crippen LogP contribution in [0.25, 0.3) is 0 Å². The summed E-state index contributed by atoms with van der Waals surface area (Å²) < 4.78 is 5.38. The monoisotopic (exact) mass is 214 g/mol. The van der Waals surface area contributed by atoms with E-state index in [-0.39, 0.29) is 0 Å². The van der Waals surface area contributed by atoms with Gasteiger partial charge in [0.05, 0.1) is 0 Å². The average molecular weight is 214 g/mol. The zero-order chi connectivity index (χ0) is 11.1. The highest BCUT2D eigenvalue weighted by molar-refractivity contribution is 4.85. The smallest absolute Gasteiger partial charge is 0.0483 e. The van der Waals surface area contributed by atoms with Crippen LogP contribution in [0.1, 0.15) is 39.5 Å². The minimum atomic E-state index is 0.301. The molecule has 1 fully saturated rings. The van der Waals surface area contributed by atoms with Gasteiger partial charge in [0.1, 0.15) is 0 Å². The Morgan fingerprint density at radius 2 is 2.07 bits per heavy atom. The molecule has 1 saturated heterocycles. The molecule has 3 nitrogen and oxygen atoms in total. The largest absolute Gasteiger partial charge is 0.381 e. The predicted octanol–water partition coefficient (Wildman–Crippen LogP) is 1.52. The second-order valence-electron chi connectivity index (χ2n) is 5.09. The van der Waals surface area contributed by atoms with Gasteiger partial charge in [-0.05, 0) is 51.6 Å². The van der Waals surface area contributed by atoms with Crippen LogP contribution in [0.5, 0.6) is 0 Å². The molecule has 1 rings (SSSR count). The molecule has 0 aliphatic carbocycles. The maximum absolute atomic E-state index is 5.50. The first-order chi connectivity index (χ1) is 7.16. The van der Waals surface area contributed by atoms with Crippen molar-refractivity contribution >= 4 is 0 Å². The first-order valence-electron chi connectivity index (χ1n) is 6.19. The molecule has 0 aromatic carbocycles. The van der Waals surface area contributed by atoms with Gasteiger partial charge in [-0.25, -0.2) is 0 Å². The second kappa shape index (κ2) is 6.46. The number of ether oxygens (including phenoxy) is 1. The molecule has 0 amide bonds. The van der Waals surface area contributed by atoms with E-state index in [1.165, 1.54) is 6.42 Å². The maximum atomic E-state index is 5.50. The van der Waals surface area contributed by atoms with Crippen LogP contribution in [0, 0.1) is 5.92 Å². The molecule has 1 heterocycles. The predicted molar refractivity (Wildman–Crippen MR) is 63.9 cm³/mol. The van der Waals surface area contributed by atoms with E-state index in [9.17, 15) is 0 Å². The van der Waals surface area contributed by atoms with Crippen molar-refractivity contribution < 1.29 is 4.74 Å². The van der Waals surface area contributed by atoms with Crippen molar-refractivity contribution in [3.05, 3.63) is 0 Å². The average Bonchev–Trinajstić information content (AvgIpc) is 2.25. The summed E-state index contributed by atoms with van der Waals surface area (Å²) in [6, 6.07) is 0. The lowest BCUT2D eigenvalue weighted by molar-refractivity contribution is 0.0438. The van der Waals surface area contributed by atoms with E-state index >= 15 is 0 Å². The molecule has 0 spiro atoms. The SMILES string of the molecule is CC(CCCN)CNC1(C)CCOCC1. The number of nitrogens with one attached hydrogen (secondary N) is 1. The lowest BCUT2D eigenvalue weighted by atomic mass is 9.91. The molecule has 0 aromatic rings. The fourth-order valence-electron chi connectivity index (χ4n) is 1.99. The number of hydrogen-bond acceptors (Lipinski definition) is 3. The third-order valence-electron chi connectivity index (χ3n) is 3.37. The highest BCUT2D eigenvalue weighted by Gasteiger charge is 2.26. The van der Waals surface area contributed by atoms with Gasteiger partial charge in [0.2, 0.25) is 0 Å². The molecule has 1 unspecified atom stereocenters. The van der Waals surface area contributed by atoms with Gasteiger partial charge in [0.15, 0.2) is 0 Å². The highest BCUT2D eigenvalue weighted by Crippen LogP contribution is 2.20. The summed E-state index contributed by atoms with van der Waals surface area (Å²) in [5.41, 5.74) is 5.81. The Balaban J connectivity index is 2.16. The van der Waals surface area contributed by atoms with E-state index in [0.29, 0.717) is 5.54 Å². The molecular weight excluding hydrogens is 188 g/mol. The minimum Gasteiger partial charge on any atom is -0.381 e. The number of hydrogen-bond donors (Lipinski definition) is 2. The van der Waals surface area contributed by atoms with E-state index in [0.717, 1.165) is 51.5 Å². The van der Waals surface area contributed by atoms with E-state index < -0.39 is 0 Å². The first kappa shape index (κ1) is 12.9. The summed E-state index contributed by atoms with van der Waals surface area (Å²) in [5.74, 6) is 0.730. The molecule has 0 saturated carbocycles. The lowest BCUT2D eigenvalue weighted by Gasteiger charge is -2.35. The molecular formula is C12H26N2O. The van der Waals surface area contributed by atoms with Crippen molar-refractivity contribution in [2.45, 2.75) is 45.1 Å². The third-order valence-corrected chi connectivity index (χ3v) is 3.37. The van der Waals surface area contributed by atoms with Crippen LogP contribution in [0.2, 0.25) is 0 Å². The lowest BCUT2D eigenvalue weighted by Crippen LogP contribution is -2.48. The quantitative estimate of drug-likeness (QED) is 0.705. The zero-order valence-corrected chi connectivity index (χ0v) is 10.2. The minimum absolute atomic E-state index is 0.301. The summed E-state index contributed by atoms with van der Waals surface area (Å²) >= 11 is 0. The van der Waals surface area contributed by atoms with Crippen LogP contribution >= 0.6 is 0 Å². The van der Waals surface area contributed by atoms with Crippen molar-refractivity contribution in [1.29, 1.82) is 0 Å². The van der Waals surface area contributed by atoms with Gasteiger partial charge in [-0.2, -0.15) is 0 Å². The third kappa shape index (κ3) is 4.96. The van der Waals surface area contributed by atoms with E-state index in [1.54, 1.807) is 0 Å². The Morgan fingerprint density at radius 1 is 1.40 bits per heavy atom. The first-order valence-corrected chi connectivity index (χ1v) is 6.19. The zero-order valence-electron chi connectivity index (χ0n) is 10.2. The van der Waals surface area contributed by atoms with Crippen molar-refractivity contribution in [3.63, 3.8) is 0 Å². The van der Waals surface area contributed by atoms with Crippen LogP contribution in [-0.4, -0.2) is 31.8 Å². The van der Waals surface area contributed by atoms with Crippen molar-refractivity contribution in [2.24, 2.45) is 11.7 Å². The Hall–Kier alpha value is -0.120. The van der Waals surface area contributed by atoms with Crippen LogP contribution in [0.3, 0.4) is 0 Å². The standard InChI is InChI=1S/C12H26N2O/c1-11(4-3-7-13)10-14-12(2)5-8-15-9-6-12/h11,14H,3-10,13H2,1-2H3. The number of rotatable bonds is 6. The molecule has 0 bridgehead atoms. The molecule has 3 heteroatoms. The van der Waals surface area contributed by atoms with Gasteiger partial charge in [0.25, 0.3) is 0 Å².